The van der Waals surface area contributed by atoms with Gasteiger partial charge in [-0.1, -0.05) is 30.3 Å². The number of anilines is 2. The maximum atomic E-state index is 12.4. The van der Waals surface area contributed by atoms with Crippen molar-refractivity contribution >= 4 is 31.4 Å². The Morgan fingerprint density at radius 3 is 2.07 bits per heavy atom. The zero-order valence-electron chi connectivity index (χ0n) is 14.1. The zero-order chi connectivity index (χ0) is 19.3. The van der Waals surface area contributed by atoms with Gasteiger partial charge in [0, 0.05) is 11.9 Å². The van der Waals surface area contributed by atoms with Crippen LogP contribution in [0.5, 0.6) is 0 Å². The van der Waals surface area contributed by atoms with Gasteiger partial charge in [0.05, 0.1) is 22.5 Å². The summed E-state index contributed by atoms with van der Waals surface area (Å²) in [6, 6.07) is 17.4. The van der Waals surface area contributed by atoms with E-state index in [0.717, 1.165) is 0 Å². The van der Waals surface area contributed by atoms with Crippen molar-refractivity contribution in [2.24, 2.45) is 0 Å². The lowest BCUT2D eigenvalue weighted by Crippen LogP contribution is -2.16. The molecule has 0 bridgehead atoms. The quantitative estimate of drug-likeness (QED) is 0.631. The van der Waals surface area contributed by atoms with E-state index in [2.05, 4.69) is 14.4 Å². The summed E-state index contributed by atoms with van der Waals surface area (Å²) in [7, 11) is -7.40. The van der Waals surface area contributed by atoms with Crippen LogP contribution in [0.2, 0.25) is 0 Å². The Labute approximate surface area is 158 Å². The highest BCUT2D eigenvalue weighted by Gasteiger charge is 2.16. The van der Waals surface area contributed by atoms with Gasteiger partial charge >= 0.3 is 0 Å². The van der Waals surface area contributed by atoms with E-state index in [1.807, 2.05) is 6.07 Å². The Bertz CT molecular complexity index is 1100. The highest BCUT2D eigenvalue weighted by atomic mass is 32.2. The van der Waals surface area contributed by atoms with Crippen molar-refractivity contribution < 1.29 is 16.8 Å². The van der Waals surface area contributed by atoms with Gasteiger partial charge in [0.1, 0.15) is 0 Å². The first-order chi connectivity index (χ1) is 12.8. The van der Waals surface area contributed by atoms with Crippen LogP contribution in [0, 0.1) is 0 Å². The largest absolute Gasteiger partial charge is 0.283 e. The Balaban J connectivity index is 1.71. The Hall–Kier alpha value is -2.91. The first-order valence-electron chi connectivity index (χ1n) is 7.91. The van der Waals surface area contributed by atoms with Gasteiger partial charge < -0.3 is 0 Å². The lowest BCUT2D eigenvalue weighted by molar-refractivity contribution is 0.599. The maximum Gasteiger partial charge on any atom is 0.261 e. The number of hydrogen-bond donors (Lipinski definition) is 2. The van der Waals surface area contributed by atoms with Gasteiger partial charge in [-0.05, 0) is 42.0 Å². The summed E-state index contributed by atoms with van der Waals surface area (Å²) >= 11 is 0. The summed E-state index contributed by atoms with van der Waals surface area (Å²) in [6.07, 6.45) is 2.93. The molecule has 0 radical (unpaired) electrons. The number of benzene rings is 2. The summed E-state index contributed by atoms with van der Waals surface area (Å²) in [6.45, 7) is 0. The van der Waals surface area contributed by atoms with E-state index in [-0.39, 0.29) is 16.3 Å². The number of rotatable bonds is 7. The van der Waals surface area contributed by atoms with E-state index < -0.39 is 20.0 Å². The van der Waals surface area contributed by atoms with E-state index in [4.69, 9.17) is 0 Å². The smallest absolute Gasteiger partial charge is 0.261 e. The van der Waals surface area contributed by atoms with Gasteiger partial charge in [0.15, 0.2) is 0 Å². The summed E-state index contributed by atoms with van der Waals surface area (Å²) in [5.74, 6) is -0.170. The molecule has 140 valence electrons. The Morgan fingerprint density at radius 1 is 0.741 bits per heavy atom. The molecule has 0 saturated carbocycles. The molecule has 3 aromatic rings. The standard InChI is InChI=1S/C18H17N3O4S2/c22-26(23,14-15-5-2-1-3-6-15)20-16-8-10-18(11-9-16)27(24,25)21-17-7-4-12-19-13-17/h1-13,20-21H,14H2. The normalized spacial score (nSPS) is 11.7. The molecule has 0 amide bonds. The molecule has 3 rings (SSSR count). The van der Waals surface area contributed by atoms with Crippen LogP contribution in [-0.4, -0.2) is 21.8 Å². The average molecular weight is 403 g/mol. The molecule has 2 aromatic carbocycles. The number of nitrogens with zero attached hydrogens (tertiary/aromatic N) is 1. The van der Waals surface area contributed by atoms with Gasteiger partial charge in [-0.15, -0.1) is 0 Å². The molecule has 2 N–H and O–H groups in total. The zero-order valence-corrected chi connectivity index (χ0v) is 15.7. The second kappa shape index (κ2) is 7.77. The van der Waals surface area contributed by atoms with Gasteiger partial charge in [0.25, 0.3) is 10.0 Å². The van der Waals surface area contributed by atoms with E-state index in [9.17, 15) is 16.8 Å². The van der Waals surface area contributed by atoms with Gasteiger partial charge in [-0.25, -0.2) is 16.8 Å². The predicted molar refractivity (Wildman–Crippen MR) is 104 cm³/mol. The van der Waals surface area contributed by atoms with Crippen LogP contribution in [0.3, 0.4) is 0 Å². The minimum Gasteiger partial charge on any atom is -0.283 e. The van der Waals surface area contributed by atoms with Crippen molar-refractivity contribution in [2.75, 3.05) is 9.44 Å². The fourth-order valence-electron chi connectivity index (χ4n) is 2.35. The predicted octanol–water partition coefficient (Wildman–Crippen LogP) is 2.82. The number of sulfonamides is 2. The average Bonchev–Trinajstić information content (AvgIpc) is 2.63. The minimum atomic E-state index is -3.79. The molecule has 0 fully saturated rings. The third kappa shape index (κ3) is 5.28. The molecule has 0 aliphatic heterocycles. The number of hydrogen-bond acceptors (Lipinski definition) is 5. The van der Waals surface area contributed by atoms with Gasteiger partial charge in [-0.3, -0.25) is 14.4 Å². The Kier molecular flexibility index (Phi) is 5.43. The first-order valence-corrected chi connectivity index (χ1v) is 11.0. The minimum absolute atomic E-state index is 0.0114. The highest BCUT2D eigenvalue weighted by molar-refractivity contribution is 7.92. The van der Waals surface area contributed by atoms with E-state index in [0.29, 0.717) is 11.3 Å². The summed E-state index contributed by atoms with van der Waals surface area (Å²) in [5, 5.41) is 0. The topological polar surface area (TPSA) is 105 Å². The molecule has 0 atom stereocenters. The van der Waals surface area contributed by atoms with Gasteiger partial charge in [-0.2, -0.15) is 0 Å². The van der Waals surface area contributed by atoms with E-state index in [1.54, 1.807) is 36.4 Å². The van der Waals surface area contributed by atoms with Crippen molar-refractivity contribution in [1.29, 1.82) is 0 Å². The van der Waals surface area contributed by atoms with Crippen LogP contribution >= 0.6 is 0 Å². The third-order valence-electron chi connectivity index (χ3n) is 3.55. The summed E-state index contributed by atoms with van der Waals surface area (Å²) < 4.78 is 54.1. The molecule has 0 saturated heterocycles. The van der Waals surface area contributed by atoms with Crippen molar-refractivity contribution in [3.63, 3.8) is 0 Å². The summed E-state index contributed by atoms with van der Waals surface area (Å²) in [4.78, 5) is 3.86. The fraction of sp³-hybridized carbons (Fsp3) is 0.0556. The van der Waals surface area contributed by atoms with Crippen molar-refractivity contribution in [2.45, 2.75) is 10.6 Å². The lowest BCUT2D eigenvalue weighted by Gasteiger charge is -2.10. The van der Waals surface area contributed by atoms with Crippen molar-refractivity contribution in [1.82, 2.24) is 4.98 Å². The maximum absolute atomic E-state index is 12.4. The molecule has 7 nitrogen and oxygen atoms in total. The molecule has 0 aliphatic carbocycles. The number of nitrogens with one attached hydrogen (secondary N) is 2. The molecule has 1 aromatic heterocycles. The monoisotopic (exact) mass is 403 g/mol. The van der Waals surface area contributed by atoms with Crippen LogP contribution < -0.4 is 9.44 Å². The number of pyridine rings is 1. The van der Waals surface area contributed by atoms with Crippen LogP contribution in [-0.2, 0) is 25.8 Å². The molecule has 9 heteroatoms. The first kappa shape index (κ1) is 18.9. The SMILES string of the molecule is O=S(=O)(Cc1ccccc1)Nc1ccc(S(=O)(=O)Nc2cccnc2)cc1. The summed E-state index contributed by atoms with van der Waals surface area (Å²) in [5.41, 5.74) is 1.28. The highest BCUT2D eigenvalue weighted by Crippen LogP contribution is 2.19. The molecule has 0 spiro atoms. The van der Waals surface area contributed by atoms with Crippen LogP contribution in [0.15, 0.2) is 84.0 Å². The molecular weight excluding hydrogens is 386 g/mol. The second-order valence-corrected chi connectivity index (χ2v) is 9.12. The fourth-order valence-corrected chi connectivity index (χ4v) is 4.59. The van der Waals surface area contributed by atoms with E-state index >= 15 is 0 Å². The molecular formula is C18H17N3O4S2. The van der Waals surface area contributed by atoms with Crippen LogP contribution in [0.4, 0.5) is 11.4 Å². The molecule has 1 heterocycles. The van der Waals surface area contributed by atoms with Crippen molar-refractivity contribution in [3.8, 4) is 0 Å². The van der Waals surface area contributed by atoms with Crippen molar-refractivity contribution in [3.05, 3.63) is 84.7 Å². The van der Waals surface area contributed by atoms with Crippen LogP contribution in [0.25, 0.3) is 0 Å². The molecule has 27 heavy (non-hydrogen) atoms. The lowest BCUT2D eigenvalue weighted by atomic mass is 10.2. The second-order valence-electron chi connectivity index (χ2n) is 5.72. The molecule has 0 unspecified atom stereocenters. The van der Waals surface area contributed by atoms with Gasteiger partial charge in [0.2, 0.25) is 10.0 Å². The number of aromatic nitrogens is 1. The third-order valence-corrected chi connectivity index (χ3v) is 6.21. The van der Waals surface area contributed by atoms with E-state index in [1.165, 1.54) is 36.7 Å². The Morgan fingerprint density at radius 2 is 1.44 bits per heavy atom. The molecule has 0 aliphatic rings. The van der Waals surface area contributed by atoms with Crippen LogP contribution in [0.1, 0.15) is 5.56 Å².